The van der Waals surface area contributed by atoms with E-state index in [2.05, 4.69) is 10.6 Å². The van der Waals surface area contributed by atoms with Gasteiger partial charge in [0.1, 0.15) is 5.75 Å². The molecule has 0 aliphatic carbocycles. The Kier molecular flexibility index (Phi) is 4.18. The van der Waals surface area contributed by atoms with Gasteiger partial charge in [-0.05, 0) is 38.1 Å². The molecule has 0 radical (unpaired) electrons. The second-order valence-corrected chi connectivity index (χ2v) is 5.68. The summed E-state index contributed by atoms with van der Waals surface area (Å²) in [4.78, 5) is 23.3. The van der Waals surface area contributed by atoms with Crippen molar-refractivity contribution in [2.24, 2.45) is 0 Å². The van der Waals surface area contributed by atoms with Gasteiger partial charge in [-0.15, -0.1) is 0 Å². The average molecular weight is 297 g/mol. The summed E-state index contributed by atoms with van der Waals surface area (Å²) in [7, 11) is 0. The van der Waals surface area contributed by atoms with Crippen LogP contribution in [-0.4, -0.2) is 30.0 Å². The molecule has 108 valence electrons. The number of ether oxygens (including phenoxy) is 1. The van der Waals surface area contributed by atoms with Gasteiger partial charge < -0.3 is 15.4 Å². The maximum Gasteiger partial charge on any atom is 0.263 e. The van der Waals surface area contributed by atoms with Crippen molar-refractivity contribution in [3.05, 3.63) is 29.3 Å². The standard InChI is InChI=1S/C14H17ClN2O3/c1-14(2,20-11-5-3-9(15)4-6-11)13(19)17-10-7-12(18)16-8-10/h3-6,10H,7-8H2,1-2H3,(H,16,18)(H,17,19)/t10-/m1/s1. The summed E-state index contributed by atoms with van der Waals surface area (Å²) in [6.45, 7) is 3.82. The first-order valence-corrected chi connectivity index (χ1v) is 6.77. The van der Waals surface area contributed by atoms with E-state index in [4.69, 9.17) is 16.3 Å². The van der Waals surface area contributed by atoms with E-state index in [1.54, 1.807) is 38.1 Å². The van der Waals surface area contributed by atoms with E-state index in [-0.39, 0.29) is 17.9 Å². The summed E-state index contributed by atoms with van der Waals surface area (Å²) in [6, 6.07) is 6.63. The highest BCUT2D eigenvalue weighted by atomic mass is 35.5. The largest absolute Gasteiger partial charge is 0.478 e. The third-order valence-electron chi connectivity index (χ3n) is 3.05. The normalized spacial score (nSPS) is 18.6. The van der Waals surface area contributed by atoms with Gasteiger partial charge in [0.15, 0.2) is 5.60 Å². The number of nitrogens with one attached hydrogen (secondary N) is 2. The molecule has 1 aliphatic heterocycles. The topological polar surface area (TPSA) is 67.4 Å². The second-order valence-electron chi connectivity index (χ2n) is 5.24. The Morgan fingerprint density at radius 3 is 2.60 bits per heavy atom. The second kappa shape index (κ2) is 5.71. The molecule has 1 fully saturated rings. The summed E-state index contributed by atoms with van der Waals surface area (Å²) >= 11 is 5.80. The van der Waals surface area contributed by atoms with Crippen LogP contribution in [0.3, 0.4) is 0 Å². The van der Waals surface area contributed by atoms with Crippen LogP contribution in [0, 0.1) is 0 Å². The highest BCUT2D eigenvalue weighted by Crippen LogP contribution is 2.21. The third-order valence-corrected chi connectivity index (χ3v) is 3.30. The van der Waals surface area contributed by atoms with E-state index in [1.165, 1.54) is 0 Å². The first kappa shape index (κ1) is 14.7. The molecular weight excluding hydrogens is 280 g/mol. The molecule has 0 spiro atoms. The number of benzene rings is 1. The molecule has 0 saturated carbocycles. The van der Waals surface area contributed by atoms with Crippen molar-refractivity contribution in [3.63, 3.8) is 0 Å². The van der Waals surface area contributed by atoms with Crippen LogP contribution in [0.2, 0.25) is 5.02 Å². The Bertz CT molecular complexity index is 514. The molecule has 5 nitrogen and oxygen atoms in total. The fourth-order valence-electron chi connectivity index (χ4n) is 1.91. The van der Waals surface area contributed by atoms with Crippen LogP contribution in [0.25, 0.3) is 0 Å². The van der Waals surface area contributed by atoms with Crippen LogP contribution in [0.4, 0.5) is 0 Å². The summed E-state index contributed by atoms with van der Waals surface area (Å²) in [5.41, 5.74) is -1.03. The summed E-state index contributed by atoms with van der Waals surface area (Å²) in [6.07, 6.45) is 0.308. The number of amides is 2. The van der Waals surface area contributed by atoms with Crippen molar-refractivity contribution in [1.82, 2.24) is 10.6 Å². The summed E-state index contributed by atoms with van der Waals surface area (Å²) < 4.78 is 5.68. The quantitative estimate of drug-likeness (QED) is 0.885. The zero-order valence-corrected chi connectivity index (χ0v) is 12.2. The lowest BCUT2D eigenvalue weighted by atomic mass is 10.1. The average Bonchev–Trinajstić information content (AvgIpc) is 2.77. The predicted octanol–water partition coefficient (Wildman–Crippen LogP) is 1.50. The zero-order chi connectivity index (χ0) is 14.8. The van der Waals surface area contributed by atoms with E-state index in [9.17, 15) is 9.59 Å². The minimum atomic E-state index is -1.03. The van der Waals surface area contributed by atoms with E-state index in [1.807, 2.05) is 0 Å². The summed E-state index contributed by atoms with van der Waals surface area (Å²) in [5, 5.41) is 6.09. The Balaban J connectivity index is 1.96. The molecule has 1 aliphatic rings. The van der Waals surface area contributed by atoms with Crippen LogP contribution >= 0.6 is 11.6 Å². The SMILES string of the molecule is CC(C)(Oc1ccc(Cl)cc1)C(=O)N[C@H]1CNC(=O)C1. The molecule has 0 bridgehead atoms. The van der Waals surface area contributed by atoms with Gasteiger partial charge in [0.05, 0.1) is 6.04 Å². The van der Waals surface area contributed by atoms with Crippen molar-refractivity contribution in [2.75, 3.05) is 6.54 Å². The van der Waals surface area contributed by atoms with Gasteiger partial charge in [-0.3, -0.25) is 9.59 Å². The maximum absolute atomic E-state index is 12.2. The van der Waals surface area contributed by atoms with Gasteiger partial charge in [0.2, 0.25) is 5.91 Å². The lowest BCUT2D eigenvalue weighted by molar-refractivity contribution is -0.134. The minimum Gasteiger partial charge on any atom is -0.478 e. The molecule has 2 N–H and O–H groups in total. The third kappa shape index (κ3) is 3.63. The summed E-state index contributed by atoms with van der Waals surface area (Å²) in [5.74, 6) is 0.260. The predicted molar refractivity (Wildman–Crippen MR) is 75.7 cm³/mol. The molecule has 1 aromatic rings. The van der Waals surface area contributed by atoms with E-state index < -0.39 is 5.60 Å². The van der Waals surface area contributed by atoms with Crippen molar-refractivity contribution in [3.8, 4) is 5.75 Å². The van der Waals surface area contributed by atoms with E-state index in [0.717, 1.165) is 0 Å². The molecule has 0 aromatic heterocycles. The Morgan fingerprint density at radius 2 is 2.05 bits per heavy atom. The molecule has 1 heterocycles. The Hall–Kier alpha value is -1.75. The Labute approximate surface area is 122 Å². The fraction of sp³-hybridized carbons (Fsp3) is 0.429. The van der Waals surface area contributed by atoms with Crippen molar-refractivity contribution in [1.29, 1.82) is 0 Å². The van der Waals surface area contributed by atoms with Crippen molar-refractivity contribution >= 4 is 23.4 Å². The lowest BCUT2D eigenvalue weighted by Crippen LogP contribution is -2.50. The van der Waals surface area contributed by atoms with Crippen LogP contribution in [0.1, 0.15) is 20.3 Å². The zero-order valence-electron chi connectivity index (χ0n) is 11.4. The van der Waals surface area contributed by atoms with Crippen LogP contribution in [0.15, 0.2) is 24.3 Å². The number of hydrogen-bond donors (Lipinski definition) is 2. The fourth-order valence-corrected chi connectivity index (χ4v) is 2.04. The highest BCUT2D eigenvalue weighted by molar-refractivity contribution is 6.30. The number of carbonyl (C=O) groups is 2. The lowest BCUT2D eigenvalue weighted by Gasteiger charge is -2.26. The minimum absolute atomic E-state index is 0.0493. The Morgan fingerprint density at radius 1 is 1.40 bits per heavy atom. The van der Waals surface area contributed by atoms with Crippen molar-refractivity contribution in [2.45, 2.75) is 31.9 Å². The van der Waals surface area contributed by atoms with Gasteiger partial charge >= 0.3 is 0 Å². The molecule has 0 unspecified atom stereocenters. The molecule has 6 heteroatoms. The van der Waals surface area contributed by atoms with Crippen LogP contribution < -0.4 is 15.4 Å². The first-order valence-electron chi connectivity index (χ1n) is 6.39. The van der Waals surface area contributed by atoms with E-state index >= 15 is 0 Å². The molecule has 20 heavy (non-hydrogen) atoms. The molecule has 1 atom stereocenters. The van der Waals surface area contributed by atoms with Gasteiger partial charge in [-0.2, -0.15) is 0 Å². The number of hydrogen-bond acceptors (Lipinski definition) is 3. The van der Waals surface area contributed by atoms with Gasteiger partial charge in [0.25, 0.3) is 5.91 Å². The molecule has 1 saturated heterocycles. The molecular formula is C14H17ClN2O3. The van der Waals surface area contributed by atoms with Gasteiger partial charge in [-0.25, -0.2) is 0 Å². The van der Waals surface area contributed by atoms with Crippen molar-refractivity contribution < 1.29 is 14.3 Å². The van der Waals surface area contributed by atoms with Gasteiger partial charge in [-0.1, -0.05) is 11.6 Å². The smallest absolute Gasteiger partial charge is 0.263 e. The van der Waals surface area contributed by atoms with E-state index in [0.29, 0.717) is 23.7 Å². The van der Waals surface area contributed by atoms with Gasteiger partial charge in [0, 0.05) is 18.0 Å². The highest BCUT2D eigenvalue weighted by Gasteiger charge is 2.33. The van der Waals surface area contributed by atoms with Crippen LogP contribution in [-0.2, 0) is 9.59 Å². The number of carbonyl (C=O) groups excluding carboxylic acids is 2. The number of halogens is 1. The first-order chi connectivity index (χ1) is 9.37. The number of rotatable bonds is 4. The van der Waals surface area contributed by atoms with Crippen LogP contribution in [0.5, 0.6) is 5.75 Å². The molecule has 1 aromatic carbocycles. The maximum atomic E-state index is 12.2. The monoisotopic (exact) mass is 296 g/mol. The molecule has 2 rings (SSSR count). The molecule has 2 amide bonds.